The van der Waals surface area contributed by atoms with Crippen molar-refractivity contribution in [2.45, 2.75) is 6.23 Å². The van der Waals surface area contributed by atoms with Crippen LogP contribution in [0, 0.1) is 0 Å². The summed E-state index contributed by atoms with van der Waals surface area (Å²) in [6.07, 6.45) is -1.09. The number of nitrogens with two attached hydrogens (primary N) is 1. The molecule has 1 rings (SSSR count). The molecule has 2 nitrogen and oxygen atoms in total. The van der Waals surface area contributed by atoms with Crippen molar-refractivity contribution < 1.29 is 5.11 Å². The maximum Gasteiger partial charge on any atom is 0.167 e. The molecule has 0 bridgehead atoms. The summed E-state index contributed by atoms with van der Waals surface area (Å²) in [5.41, 5.74) is 5.69. The molecule has 0 spiro atoms. The highest BCUT2D eigenvalue weighted by Gasteiger charge is 1.97. The second kappa shape index (κ2) is 2.62. The molecular formula is C7H8NO. The van der Waals surface area contributed by atoms with Gasteiger partial charge in [0.15, 0.2) is 6.23 Å². The lowest BCUT2D eigenvalue weighted by Gasteiger charge is -1.98. The Morgan fingerprint density at radius 2 is 1.78 bits per heavy atom. The van der Waals surface area contributed by atoms with Crippen molar-refractivity contribution in [2.75, 3.05) is 0 Å². The third kappa shape index (κ3) is 1.52. The minimum Gasteiger partial charge on any atom is -0.300 e. The van der Waals surface area contributed by atoms with E-state index >= 15 is 0 Å². The predicted molar refractivity (Wildman–Crippen MR) is 34.1 cm³/mol. The van der Waals surface area contributed by atoms with Crippen LogP contribution in [-0.4, -0.2) is 0 Å². The lowest BCUT2D eigenvalue weighted by atomic mass is 10.2. The molecule has 1 aromatic rings. The molecule has 9 heavy (non-hydrogen) atoms. The summed E-state index contributed by atoms with van der Waals surface area (Å²) in [6.45, 7) is 0. The van der Waals surface area contributed by atoms with Crippen LogP contribution in [0.25, 0.3) is 0 Å². The Labute approximate surface area is 53.9 Å². The van der Waals surface area contributed by atoms with E-state index in [1.165, 1.54) is 0 Å². The molecule has 1 aromatic carbocycles. The average molecular weight is 122 g/mol. The summed E-state index contributed by atoms with van der Waals surface area (Å²) in [6, 6.07) is 8.89. The molecule has 1 unspecified atom stereocenters. The first kappa shape index (κ1) is 6.26. The van der Waals surface area contributed by atoms with Crippen LogP contribution < -0.4 is 5.73 Å². The van der Waals surface area contributed by atoms with E-state index in [1.807, 2.05) is 6.07 Å². The Balaban J connectivity index is 2.85. The molecule has 0 fully saturated rings. The van der Waals surface area contributed by atoms with Crippen molar-refractivity contribution in [1.29, 1.82) is 0 Å². The topological polar surface area (TPSA) is 45.9 Å². The molecule has 0 saturated carbocycles. The van der Waals surface area contributed by atoms with Crippen LogP contribution in [0.2, 0.25) is 0 Å². The minimum atomic E-state index is -1.09. The van der Waals surface area contributed by atoms with Gasteiger partial charge in [0.25, 0.3) is 0 Å². The molecule has 2 heteroatoms. The van der Waals surface area contributed by atoms with Gasteiger partial charge in [-0.05, 0) is 5.56 Å². The van der Waals surface area contributed by atoms with Gasteiger partial charge in [0.05, 0.1) is 0 Å². The summed E-state index contributed by atoms with van der Waals surface area (Å²) < 4.78 is 0. The lowest BCUT2D eigenvalue weighted by Crippen LogP contribution is -2.05. The summed E-state index contributed by atoms with van der Waals surface area (Å²) in [5.74, 6) is 0. The number of hydrogen-bond donors (Lipinski definition) is 1. The Bertz CT molecular complexity index is 172. The van der Waals surface area contributed by atoms with Gasteiger partial charge in [-0.25, -0.2) is 5.11 Å². The number of hydrogen-bond acceptors (Lipinski definition) is 1. The van der Waals surface area contributed by atoms with Gasteiger partial charge in [0.2, 0.25) is 0 Å². The molecule has 0 aromatic heterocycles. The fourth-order valence-electron chi connectivity index (χ4n) is 0.643. The van der Waals surface area contributed by atoms with Gasteiger partial charge in [-0.1, -0.05) is 30.3 Å². The number of rotatable bonds is 1. The average Bonchev–Trinajstić information content (AvgIpc) is 1.90. The second-order valence-corrected chi connectivity index (χ2v) is 1.83. The van der Waals surface area contributed by atoms with Crippen molar-refractivity contribution in [3.63, 3.8) is 0 Å². The fourth-order valence-corrected chi connectivity index (χ4v) is 0.643. The molecule has 0 heterocycles. The summed E-state index contributed by atoms with van der Waals surface area (Å²) in [7, 11) is 0. The van der Waals surface area contributed by atoms with E-state index in [4.69, 9.17) is 5.73 Å². The summed E-state index contributed by atoms with van der Waals surface area (Å²) >= 11 is 0. The zero-order chi connectivity index (χ0) is 6.69. The van der Waals surface area contributed by atoms with Crippen molar-refractivity contribution in [3.05, 3.63) is 35.9 Å². The van der Waals surface area contributed by atoms with Gasteiger partial charge in [-0.15, -0.1) is 0 Å². The summed E-state index contributed by atoms with van der Waals surface area (Å²) in [4.78, 5) is 0. The maximum absolute atomic E-state index is 10.5. The minimum absolute atomic E-state index is 0.637. The van der Waals surface area contributed by atoms with Gasteiger partial charge in [0, 0.05) is 0 Å². The van der Waals surface area contributed by atoms with E-state index < -0.39 is 6.23 Å². The first-order chi connectivity index (χ1) is 4.30. The van der Waals surface area contributed by atoms with E-state index in [1.54, 1.807) is 24.3 Å². The van der Waals surface area contributed by atoms with E-state index in [-0.39, 0.29) is 0 Å². The highest BCUT2D eigenvalue weighted by Crippen LogP contribution is 2.04. The van der Waals surface area contributed by atoms with E-state index in [2.05, 4.69) is 0 Å². The second-order valence-electron chi connectivity index (χ2n) is 1.83. The maximum atomic E-state index is 10.5. The van der Waals surface area contributed by atoms with E-state index in [0.29, 0.717) is 5.56 Å². The van der Waals surface area contributed by atoms with Crippen LogP contribution in [0.3, 0.4) is 0 Å². The smallest absolute Gasteiger partial charge is 0.167 e. The molecule has 1 atom stereocenters. The van der Waals surface area contributed by atoms with Gasteiger partial charge < -0.3 is 0 Å². The number of benzene rings is 1. The Morgan fingerprint density at radius 1 is 1.22 bits per heavy atom. The van der Waals surface area contributed by atoms with Crippen LogP contribution in [0.4, 0.5) is 0 Å². The highest BCUT2D eigenvalue weighted by atomic mass is 16.3. The van der Waals surface area contributed by atoms with Gasteiger partial charge in [-0.2, -0.15) is 0 Å². The molecule has 47 valence electrons. The van der Waals surface area contributed by atoms with Crippen LogP contribution >= 0.6 is 0 Å². The zero-order valence-corrected chi connectivity index (χ0v) is 4.95. The fraction of sp³-hybridized carbons (Fsp3) is 0.143. The van der Waals surface area contributed by atoms with E-state index in [0.717, 1.165) is 0 Å². The first-order valence-corrected chi connectivity index (χ1v) is 2.77. The van der Waals surface area contributed by atoms with Crippen molar-refractivity contribution in [2.24, 2.45) is 5.73 Å². The quantitative estimate of drug-likeness (QED) is 0.556. The molecule has 1 radical (unpaired) electrons. The normalized spacial score (nSPS) is 13.1. The molecule has 0 aliphatic carbocycles. The van der Waals surface area contributed by atoms with Crippen molar-refractivity contribution >= 4 is 0 Å². The zero-order valence-electron chi connectivity index (χ0n) is 4.95. The molecule has 0 amide bonds. The van der Waals surface area contributed by atoms with Crippen LogP contribution in [-0.2, 0) is 5.11 Å². The third-order valence-electron chi connectivity index (χ3n) is 1.13. The SMILES string of the molecule is NC([O])c1ccccc1. The van der Waals surface area contributed by atoms with Crippen LogP contribution in [0.1, 0.15) is 11.8 Å². The molecule has 0 aliphatic rings. The van der Waals surface area contributed by atoms with Gasteiger partial charge >= 0.3 is 0 Å². The van der Waals surface area contributed by atoms with Crippen molar-refractivity contribution in [3.8, 4) is 0 Å². The molecular weight excluding hydrogens is 114 g/mol. The standard InChI is InChI=1S/C7H8NO/c8-7(9)6-4-2-1-3-5-6/h1-5,7H,8H2. The highest BCUT2D eigenvalue weighted by molar-refractivity contribution is 5.15. The van der Waals surface area contributed by atoms with Gasteiger partial charge in [-0.3, -0.25) is 5.73 Å². The van der Waals surface area contributed by atoms with Gasteiger partial charge in [0.1, 0.15) is 0 Å². The van der Waals surface area contributed by atoms with Crippen LogP contribution in [0.15, 0.2) is 30.3 Å². The monoisotopic (exact) mass is 122 g/mol. The van der Waals surface area contributed by atoms with E-state index in [9.17, 15) is 5.11 Å². The first-order valence-electron chi connectivity index (χ1n) is 2.77. The molecule has 2 N–H and O–H groups in total. The summed E-state index contributed by atoms with van der Waals surface area (Å²) in [5, 5.41) is 10.5. The lowest BCUT2D eigenvalue weighted by molar-refractivity contribution is 0.0953. The van der Waals surface area contributed by atoms with Crippen molar-refractivity contribution in [1.82, 2.24) is 0 Å². The molecule has 0 aliphatic heterocycles. The predicted octanol–water partition coefficient (Wildman–Crippen LogP) is 1.07. The Kier molecular flexibility index (Phi) is 1.82. The molecule has 0 saturated heterocycles. The third-order valence-corrected chi connectivity index (χ3v) is 1.13. The van der Waals surface area contributed by atoms with Crippen LogP contribution in [0.5, 0.6) is 0 Å². The Morgan fingerprint density at radius 3 is 2.11 bits per heavy atom. The largest absolute Gasteiger partial charge is 0.300 e. The Hall–Kier alpha value is -0.860.